The lowest BCUT2D eigenvalue weighted by atomic mass is 10.1. The predicted molar refractivity (Wildman–Crippen MR) is 137 cm³/mol. The third kappa shape index (κ3) is 4.43. The van der Waals surface area contributed by atoms with Crippen molar-refractivity contribution in [2.24, 2.45) is 0 Å². The molecule has 1 amide bonds. The van der Waals surface area contributed by atoms with Crippen molar-refractivity contribution in [1.29, 1.82) is 0 Å². The van der Waals surface area contributed by atoms with Crippen molar-refractivity contribution in [2.75, 3.05) is 11.6 Å². The quantitative estimate of drug-likeness (QED) is 0.317. The van der Waals surface area contributed by atoms with E-state index in [-0.39, 0.29) is 17.4 Å². The lowest BCUT2D eigenvalue weighted by Crippen LogP contribution is -2.19. The first kappa shape index (κ1) is 21.9. The molecule has 3 aromatic heterocycles. The molecule has 0 spiro atoms. The minimum Gasteiger partial charge on any atom is -0.306 e. The fourth-order valence-corrected chi connectivity index (χ4v) is 4.77. The van der Waals surface area contributed by atoms with E-state index in [1.165, 1.54) is 33.8 Å². The van der Waals surface area contributed by atoms with Crippen molar-refractivity contribution in [3.05, 3.63) is 100 Å². The Bertz CT molecular complexity index is 1510. The molecule has 34 heavy (non-hydrogen) atoms. The summed E-state index contributed by atoms with van der Waals surface area (Å²) in [6.07, 6.45) is 1.93. The average molecular weight is 486 g/mol. The largest absolute Gasteiger partial charge is 0.306 e. The van der Waals surface area contributed by atoms with Gasteiger partial charge in [0.25, 0.3) is 11.5 Å². The van der Waals surface area contributed by atoms with Crippen LogP contribution in [0.1, 0.15) is 10.4 Å². The summed E-state index contributed by atoms with van der Waals surface area (Å²) in [5.41, 5.74) is 2.22. The Morgan fingerprint density at radius 3 is 2.56 bits per heavy atom. The molecule has 0 unspecified atom stereocenters. The molecule has 5 rings (SSSR count). The van der Waals surface area contributed by atoms with Crippen molar-refractivity contribution >= 4 is 34.8 Å². The Hall–Kier alpha value is -3.95. The number of amides is 1. The van der Waals surface area contributed by atoms with Crippen LogP contribution in [-0.2, 0) is 0 Å². The van der Waals surface area contributed by atoms with Crippen LogP contribution in [0.4, 0.5) is 5.82 Å². The molecule has 2 N–H and O–H groups in total. The van der Waals surface area contributed by atoms with Crippen LogP contribution in [0, 0.1) is 0 Å². The number of thioether (sulfide) groups is 1. The van der Waals surface area contributed by atoms with Gasteiger partial charge in [-0.3, -0.25) is 14.6 Å². The van der Waals surface area contributed by atoms with Crippen LogP contribution >= 0.6 is 23.1 Å². The van der Waals surface area contributed by atoms with Gasteiger partial charge in [-0.15, -0.1) is 23.1 Å². The van der Waals surface area contributed by atoms with Crippen molar-refractivity contribution < 1.29 is 4.79 Å². The Kier molecular flexibility index (Phi) is 6.11. The lowest BCUT2D eigenvalue weighted by Gasteiger charge is -2.11. The first-order chi connectivity index (χ1) is 16.6. The van der Waals surface area contributed by atoms with E-state index in [4.69, 9.17) is 0 Å². The van der Waals surface area contributed by atoms with Crippen molar-refractivity contribution in [1.82, 2.24) is 19.7 Å². The Balaban J connectivity index is 1.61. The molecular weight excluding hydrogens is 466 g/mol. The zero-order chi connectivity index (χ0) is 23.5. The predicted octanol–water partition coefficient (Wildman–Crippen LogP) is 5.33. The molecule has 3 heterocycles. The van der Waals surface area contributed by atoms with Gasteiger partial charge < -0.3 is 5.32 Å². The minimum atomic E-state index is -0.318. The van der Waals surface area contributed by atoms with E-state index in [1.807, 2.05) is 72.3 Å². The average Bonchev–Trinajstić information content (AvgIpc) is 3.54. The summed E-state index contributed by atoms with van der Waals surface area (Å²) < 4.78 is 1.46. The van der Waals surface area contributed by atoms with E-state index < -0.39 is 0 Å². The van der Waals surface area contributed by atoms with Crippen molar-refractivity contribution in [3.8, 4) is 27.8 Å². The van der Waals surface area contributed by atoms with Crippen molar-refractivity contribution in [3.63, 3.8) is 0 Å². The van der Waals surface area contributed by atoms with Gasteiger partial charge in [-0.05, 0) is 29.8 Å². The second-order valence-corrected chi connectivity index (χ2v) is 9.07. The third-order valence-corrected chi connectivity index (χ3v) is 6.76. The van der Waals surface area contributed by atoms with Crippen LogP contribution in [0.3, 0.4) is 0 Å². The van der Waals surface area contributed by atoms with Gasteiger partial charge in [-0.25, -0.2) is 4.98 Å². The number of H-pyrrole nitrogens is 1. The highest BCUT2D eigenvalue weighted by molar-refractivity contribution is 7.98. The van der Waals surface area contributed by atoms with Crippen LogP contribution in [0.25, 0.3) is 27.8 Å². The van der Waals surface area contributed by atoms with E-state index in [9.17, 15) is 9.59 Å². The molecule has 0 aliphatic rings. The molecule has 0 aliphatic carbocycles. The van der Waals surface area contributed by atoms with Gasteiger partial charge in [-0.2, -0.15) is 9.78 Å². The Labute approximate surface area is 203 Å². The van der Waals surface area contributed by atoms with Crippen LogP contribution in [-0.4, -0.2) is 31.9 Å². The summed E-state index contributed by atoms with van der Waals surface area (Å²) >= 11 is 3.03. The van der Waals surface area contributed by atoms with Crippen molar-refractivity contribution in [2.45, 2.75) is 4.90 Å². The monoisotopic (exact) mass is 485 g/mol. The minimum absolute atomic E-state index is 0.211. The van der Waals surface area contributed by atoms with Gasteiger partial charge in [-0.1, -0.05) is 48.5 Å². The number of nitrogens with one attached hydrogen (secondary N) is 2. The molecule has 0 saturated heterocycles. The maximum Gasteiger partial charge on any atom is 0.257 e. The highest BCUT2D eigenvalue weighted by atomic mass is 32.2. The molecule has 168 valence electrons. The molecule has 0 radical (unpaired) electrons. The second kappa shape index (κ2) is 9.50. The molecule has 0 fully saturated rings. The van der Waals surface area contributed by atoms with E-state index in [2.05, 4.69) is 20.4 Å². The number of aromatic nitrogens is 4. The number of nitrogens with zero attached hydrogens (tertiary/aromatic N) is 3. The third-order valence-electron chi connectivity index (χ3n) is 5.08. The maximum absolute atomic E-state index is 13.2. The highest BCUT2D eigenvalue weighted by Crippen LogP contribution is 2.28. The first-order valence-corrected chi connectivity index (χ1v) is 12.5. The van der Waals surface area contributed by atoms with Crippen LogP contribution in [0.5, 0.6) is 0 Å². The highest BCUT2D eigenvalue weighted by Gasteiger charge is 2.19. The molecular formula is C25H19N5O2S2. The Morgan fingerprint density at radius 1 is 1.00 bits per heavy atom. The summed E-state index contributed by atoms with van der Waals surface area (Å²) in [5, 5.41) is 9.57. The SMILES string of the molecule is CSc1ccccc1C(=O)Nc1cc(-c2cccs2)nn1-c1nc(-c2ccccc2)cc(=O)[nH]1. The van der Waals surface area contributed by atoms with Gasteiger partial charge in [0.2, 0.25) is 5.95 Å². The number of aromatic amines is 1. The summed E-state index contributed by atoms with van der Waals surface area (Å²) in [6, 6.07) is 23.9. The van der Waals surface area contributed by atoms with E-state index >= 15 is 0 Å². The van der Waals surface area contributed by atoms with Gasteiger partial charge in [0, 0.05) is 22.6 Å². The maximum atomic E-state index is 13.2. The number of hydrogen-bond donors (Lipinski definition) is 2. The topological polar surface area (TPSA) is 92.7 Å². The summed E-state index contributed by atoms with van der Waals surface area (Å²) in [5.74, 6) is 0.339. The molecule has 0 aliphatic heterocycles. The molecule has 5 aromatic rings. The molecule has 0 saturated carbocycles. The first-order valence-electron chi connectivity index (χ1n) is 10.4. The van der Waals surface area contributed by atoms with Crippen LogP contribution in [0.15, 0.2) is 93.9 Å². The number of hydrogen-bond acceptors (Lipinski definition) is 6. The van der Waals surface area contributed by atoms with E-state index in [1.54, 1.807) is 12.1 Å². The number of carbonyl (C=O) groups is 1. The normalized spacial score (nSPS) is 10.9. The molecule has 2 aromatic carbocycles. The fourth-order valence-electron chi connectivity index (χ4n) is 3.49. The molecule has 9 heteroatoms. The van der Waals surface area contributed by atoms with Gasteiger partial charge in [0.05, 0.1) is 16.1 Å². The van der Waals surface area contributed by atoms with Crippen LogP contribution in [0.2, 0.25) is 0 Å². The van der Waals surface area contributed by atoms with Gasteiger partial charge in [0.15, 0.2) is 0 Å². The molecule has 7 nitrogen and oxygen atoms in total. The zero-order valence-corrected chi connectivity index (χ0v) is 19.7. The number of rotatable bonds is 6. The Morgan fingerprint density at radius 2 is 1.79 bits per heavy atom. The number of carbonyl (C=O) groups excluding carboxylic acids is 1. The number of benzene rings is 2. The second-order valence-electron chi connectivity index (χ2n) is 7.28. The van der Waals surface area contributed by atoms with E-state index in [0.717, 1.165) is 15.3 Å². The van der Waals surface area contributed by atoms with Crippen LogP contribution < -0.4 is 10.9 Å². The van der Waals surface area contributed by atoms with Gasteiger partial charge in [0.1, 0.15) is 11.5 Å². The summed E-state index contributed by atoms with van der Waals surface area (Å²) in [4.78, 5) is 34.9. The lowest BCUT2D eigenvalue weighted by molar-refractivity contribution is 0.102. The fraction of sp³-hybridized carbons (Fsp3) is 0.0400. The van der Waals surface area contributed by atoms with Gasteiger partial charge >= 0.3 is 0 Å². The number of thiophene rings is 1. The number of anilines is 1. The zero-order valence-electron chi connectivity index (χ0n) is 18.1. The van der Waals surface area contributed by atoms with E-state index in [0.29, 0.717) is 22.8 Å². The molecule has 0 bridgehead atoms. The molecule has 0 atom stereocenters. The smallest absolute Gasteiger partial charge is 0.257 e. The summed E-state index contributed by atoms with van der Waals surface area (Å²) in [6.45, 7) is 0. The summed E-state index contributed by atoms with van der Waals surface area (Å²) in [7, 11) is 0. The standard InChI is InChI=1S/C25H19N5O2S2/c1-33-20-11-6-5-10-17(20)24(32)27-22-14-19(21-12-7-13-34-21)29-30(22)25-26-18(15-23(31)28-25)16-8-3-2-4-9-16/h2-15H,1H3,(H,27,32)(H,26,28,31).